The quantitative estimate of drug-likeness (QED) is 0.852. The molecule has 0 bridgehead atoms. The number of nitrogens with one attached hydrogen (secondary N) is 1. The van der Waals surface area contributed by atoms with Gasteiger partial charge in [0.25, 0.3) is 0 Å². The van der Waals surface area contributed by atoms with Crippen LogP contribution in [0.5, 0.6) is 0 Å². The number of rotatable bonds is 6. The van der Waals surface area contributed by atoms with E-state index >= 15 is 0 Å². The molecule has 21 heavy (non-hydrogen) atoms. The zero-order valence-electron chi connectivity index (χ0n) is 14.1. The fraction of sp³-hybridized carbons (Fsp3) is 0.684. The van der Waals surface area contributed by atoms with Crippen LogP contribution in [-0.4, -0.2) is 25.3 Å². The van der Waals surface area contributed by atoms with Crippen molar-refractivity contribution in [2.45, 2.75) is 70.9 Å². The summed E-state index contributed by atoms with van der Waals surface area (Å²) >= 11 is 0. The maximum Gasteiger partial charge on any atom is 0.0732 e. The number of ether oxygens (including phenoxy) is 1. The minimum absolute atomic E-state index is 0.229. The van der Waals surface area contributed by atoms with Gasteiger partial charge in [0, 0.05) is 12.6 Å². The van der Waals surface area contributed by atoms with Crippen LogP contribution in [0.25, 0.3) is 0 Å². The molecule has 1 heterocycles. The first-order chi connectivity index (χ1) is 10.0. The fourth-order valence-corrected chi connectivity index (χ4v) is 2.98. The Balaban J connectivity index is 2.01. The molecule has 1 aliphatic heterocycles. The highest BCUT2D eigenvalue weighted by atomic mass is 16.5. The molecule has 2 nitrogen and oxygen atoms in total. The van der Waals surface area contributed by atoms with Gasteiger partial charge in [0.2, 0.25) is 0 Å². The molecule has 0 spiro atoms. The van der Waals surface area contributed by atoms with Gasteiger partial charge >= 0.3 is 0 Å². The Morgan fingerprint density at radius 3 is 2.48 bits per heavy atom. The van der Waals surface area contributed by atoms with Crippen molar-refractivity contribution >= 4 is 0 Å². The zero-order valence-corrected chi connectivity index (χ0v) is 14.1. The van der Waals surface area contributed by atoms with Crippen LogP contribution in [0.3, 0.4) is 0 Å². The van der Waals surface area contributed by atoms with Gasteiger partial charge in [-0.25, -0.2) is 0 Å². The molecule has 1 aliphatic rings. The molecular weight excluding hydrogens is 258 g/mol. The van der Waals surface area contributed by atoms with Gasteiger partial charge in [0.15, 0.2) is 0 Å². The molecule has 2 heteroatoms. The normalized spacial score (nSPS) is 20.7. The molecule has 2 rings (SSSR count). The Kier molecular flexibility index (Phi) is 5.83. The van der Waals surface area contributed by atoms with E-state index < -0.39 is 0 Å². The molecule has 1 fully saturated rings. The maximum absolute atomic E-state index is 5.90. The lowest BCUT2D eigenvalue weighted by Crippen LogP contribution is -2.41. The summed E-state index contributed by atoms with van der Waals surface area (Å²) in [6.45, 7) is 11.0. The first-order valence-electron chi connectivity index (χ1n) is 8.45. The van der Waals surface area contributed by atoms with Gasteiger partial charge < -0.3 is 10.1 Å². The minimum Gasteiger partial charge on any atom is -0.377 e. The summed E-state index contributed by atoms with van der Waals surface area (Å²) in [4.78, 5) is 0. The average molecular weight is 289 g/mol. The van der Waals surface area contributed by atoms with Gasteiger partial charge in [-0.2, -0.15) is 0 Å². The summed E-state index contributed by atoms with van der Waals surface area (Å²) in [5.74, 6) is 0. The molecule has 2 atom stereocenters. The van der Waals surface area contributed by atoms with E-state index in [0.717, 1.165) is 19.6 Å². The minimum atomic E-state index is 0.229. The van der Waals surface area contributed by atoms with Crippen molar-refractivity contribution in [1.82, 2.24) is 5.32 Å². The second kappa shape index (κ2) is 7.42. The molecule has 118 valence electrons. The van der Waals surface area contributed by atoms with Crippen LogP contribution < -0.4 is 5.32 Å². The van der Waals surface area contributed by atoms with Crippen LogP contribution in [0.4, 0.5) is 0 Å². The van der Waals surface area contributed by atoms with Gasteiger partial charge in [0.1, 0.15) is 0 Å². The lowest BCUT2D eigenvalue weighted by atomic mass is 9.86. The second-order valence-electron chi connectivity index (χ2n) is 7.26. The van der Waals surface area contributed by atoms with Crippen molar-refractivity contribution in [1.29, 1.82) is 0 Å². The summed E-state index contributed by atoms with van der Waals surface area (Å²) < 4.78 is 5.90. The van der Waals surface area contributed by atoms with Gasteiger partial charge in [0.05, 0.1) is 6.10 Å². The largest absolute Gasteiger partial charge is 0.377 e. The van der Waals surface area contributed by atoms with Gasteiger partial charge in [-0.05, 0) is 48.8 Å². The maximum atomic E-state index is 5.90. The Labute approximate surface area is 130 Å². The van der Waals surface area contributed by atoms with E-state index in [9.17, 15) is 0 Å². The smallest absolute Gasteiger partial charge is 0.0732 e. The molecule has 1 aromatic carbocycles. The monoisotopic (exact) mass is 289 g/mol. The van der Waals surface area contributed by atoms with Crippen molar-refractivity contribution in [3.05, 3.63) is 35.4 Å². The zero-order chi connectivity index (χ0) is 15.3. The Hall–Kier alpha value is -0.860. The van der Waals surface area contributed by atoms with Crippen LogP contribution in [0.15, 0.2) is 24.3 Å². The van der Waals surface area contributed by atoms with Crippen molar-refractivity contribution in [3.63, 3.8) is 0 Å². The van der Waals surface area contributed by atoms with Gasteiger partial charge in [-0.3, -0.25) is 0 Å². The van der Waals surface area contributed by atoms with E-state index in [-0.39, 0.29) is 5.41 Å². The molecule has 0 saturated carbocycles. The summed E-state index contributed by atoms with van der Waals surface area (Å²) in [6, 6.07) is 9.59. The fourth-order valence-electron chi connectivity index (χ4n) is 2.98. The molecular formula is C19H31NO. The standard InChI is InChI=1S/C19H31NO/c1-5-12-20-17(18-7-6-13-21-18)14-15-8-10-16(11-9-15)19(2,3)4/h8-11,17-18,20H,5-7,12-14H2,1-4H3. The Morgan fingerprint density at radius 1 is 1.24 bits per heavy atom. The topological polar surface area (TPSA) is 21.3 Å². The van der Waals surface area contributed by atoms with E-state index in [1.807, 2.05) is 0 Å². The molecule has 0 aliphatic carbocycles. The SMILES string of the molecule is CCCNC(Cc1ccc(C(C)(C)C)cc1)C1CCCO1. The molecule has 1 aromatic rings. The van der Waals surface area contributed by atoms with Crippen molar-refractivity contribution in [3.8, 4) is 0 Å². The van der Waals surface area contributed by atoms with Gasteiger partial charge in [-0.1, -0.05) is 52.0 Å². The molecule has 2 unspecified atom stereocenters. The lowest BCUT2D eigenvalue weighted by Gasteiger charge is -2.25. The van der Waals surface area contributed by atoms with E-state index in [4.69, 9.17) is 4.74 Å². The van der Waals surface area contributed by atoms with Gasteiger partial charge in [-0.15, -0.1) is 0 Å². The molecule has 1 N–H and O–H groups in total. The first kappa shape index (κ1) is 16.5. The molecule has 1 saturated heterocycles. The number of hydrogen-bond acceptors (Lipinski definition) is 2. The summed E-state index contributed by atoms with van der Waals surface area (Å²) in [5, 5.41) is 3.68. The number of hydrogen-bond donors (Lipinski definition) is 1. The van der Waals surface area contributed by atoms with Crippen LogP contribution in [-0.2, 0) is 16.6 Å². The predicted octanol–water partition coefficient (Wildman–Crippen LogP) is 4.07. The third kappa shape index (κ3) is 4.82. The Bertz CT molecular complexity index is 412. The first-order valence-corrected chi connectivity index (χ1v) is 8.45. The highest BCUT2D eigenvalue weighted by Crippen LogP contribution is 2.24. The van der Waals surface area contributed by atoms with E-state index in [1.165, 1.54) is 30.4 Å². The van der Waals surface area contributed by atoms with E-state index in [2.05, 4.69) is 57.3 Å². The Morgan fingerprint density at radius 2 is 1.95 bits per heavy atom. The molecule has 0 radical (unpaired) electrons. The van der Waals surface area contributed by atoms with Crippen LogP contribution in [0.2, 0.25) is 0 Å². The van der Waals surface area contributed by atoms with Crippen LogP contribution >= 0.6 is 0 Å². The van der Waals surface area contributed by atoms with E-state index in [0.29, 0.717) is 12.1 Å². The third-order valence-corrected chi connectivity index (χ3v) is 4.35. The third-order valence-electron chi connectivity index (χ3n) is 4.35. The second-order valence-corrected chi connectivity index (χ2v) is 7.26. The predicted molar refractivity (Wildman–Crippen MR) is 89.9 cm³/mol. The number of benzene rings is 1. The highest BCUT2D eigenvalue weighted by molar-refractivity contribution is 5.28. The lowest BCUT2D eigenvalue weighted by molar-refractivity contribution is 0.0784. The summed E-state index contributed by atoms with van der Waals surface area (Å²) in [7, 11) is 0. The molecule has 0 aromatic heterocycles. The van der Waals surface area contributed by atoms with Crippen LogP contribution in [0, 0.1) is 0 Å². The summed E-state index contributed by atoms with van der Waals surface area (Å²) in [5.41, 5.74) is 3.04. The average Bonchev–Trinajstić information content (AvgIpc) is 2.97. The van der Waals surface area contributed by atoms with E-state index in [1.54, 1.807) is 0 Å². The van der Waals surface area contributed by atoms with Crippen molar-refractivity contribution in [2.75, 3.05) is 13.2 Å². The molecule has 0 amide bonds. The van der Waals surface area contributed by atoms with Crippen molar-refractivity contribution in [2.24, 2.45) is 0 Å². The highest BCUT2D eigenvalue weighted by Gasteiger charge is 2.25. The van der Waals surface area contributed by atoms with Crippen molar-refractivity contribution < 1.29 is 4.74 Å². The summed E-state index contributed by atoms with van der Waals surface area (Å²) in [6.07, 6.45) is 5.03. The van der Waals surface area contributed by atoms with Crippen LogP contribution in [0.1, 0.15) is 58.1 Å².